The third-order valence-electron chi connectivity index (χ3n) is 7.17. The van der Waals surface area contributed by atoms with Crippen LogP contribution in [0.1, 0.15) is 90.5 Å². The van der Waals surface area contributed by atoms with E-state index in [1.165, 1.54) is 13.5 Å². The lowest BCUT2D eigenvalue weighted by Crippen LogP contribution is -2.51. The first-order valence-electron chi connectivity index (χ1n) is 14.8. The molecule has 41 heavy (non-hydrogen) atoms. The van der Waals surface area contributed by atoms with Crippen LogP contribution in [0.25, 0.3) is 0 Å². The summed E-state index contributed by atoms with van der Waals surface area (Å²) in [6, 6.07) is 8.26. The van der Waals surface area contributed by atoms with E-state index in [2.05, 4.69) is 16.0 Å². The number of hydrogen-bond donors (Lipinski definition) is 4. The van der Waals surface area contributed by atoms with Crippen LogP contribution < -0.4 is 16.0 Å². The van der Waals surface area contributed by atoms with Crippen molar-refractivity contribution in [1.82, 2.24) is 16.0 Å². The predicted molar refractivity (Wildman–Crippen MR) is 156 cm³/mol. The molecule has 1 saturated carbocycles. The van der Waals surface area contributed by atoms with Gasteiger partial charge in [0.15, 0.2) is 0 Å². The number of alkyl carbamates (subject to hydrolysis) is 1. The van der Waals surface area contributed by atoms with Gasteiger partial charge in [-0.2, -0.15) is 0 Å². The van der Waals surface area contributed by atoms with E-state index in [1.807, 2.05) is 30.3 Å². The standard InChI is InChI=1S/C31H49N3O7/c1-31(2,3)41-30(39)34-25(20-23-14-9-6-10-15-23)26(35)21-27(36)33-24(17-18-28(37)40-4)29(38)32-19-11-16-22-12-7-5-8-13-22/h5,7-8,12-13,23-26,35H,6,9-11,14-21H2,1-4H3,(H,32,38)(H,33,36)(H,34,39)/t24-,25?,26?/m0/s1. The van der Waals surface area contributed by atoms with Gasteiger partial charge in [0, 0.05) is 13.0 Å². The van der Waals surface area contributed by atoms with Gasteiger partial charge in [0.25, 0.3) is 0 Å². The van der Waals surface area contributed by atoms with Crippen molar-refractivity contribution in [2.24, 2.45) is 5.92 Å². The number of ether oxygens (including phenoxy) is 2. The van der Waals surface area contributed by atoms with Crippen molar-refractivity contribution < 1.29 is 33.8 Å². The molecule has 1 aliphatic carbocycles. The first-order valence-corrected chi connectivity index (χ1v) is 14.8. The third-order valence-corrected chi connectivity index (χ3v) is 7.17. The average Bonchev–Trinajstić information content (AvgIpc) is 2.92. The zero-order valence-electron chi connectivity index (χ0n) is 25.1. The summed E-state index contributed by atoms with van der Waals surface area (Å²) in [4.78, 5) is 50.2. The second kappa shape index (κ2) is 17.6. The molecule has 0 saturated heterocycles. The molecule has 1 aromatic rings. The summed E-state index contributed by atoms with van der Waals surface area (Å²) in [5.74, 6) is -1.12. The normalized spacial score (nSPS) is 16.1. The van der Waals surface area contributed by atoms with Gasteiger partial charge in [-0.1, -0.05) is 62.4 Å². The second-order valence-corrected chi connectivity index (χ2v) is 11.9. The zero-order chi connectivity index (χ0) is 30.3. The van der Waals surface area contributed by atoms with E-state index in [4.69, 9.17) is 9.47 Å². The number of amides is 3. The smallest absolute Gasteiger partial charge is 0.407 e. The van der Waals surface area contributed by atoms with Crippen molar-refractivity contribution in [3.8, 4) is 0 Å². The lowest BCUT2D eigenvalue weighted by Gasteiger charge is -2.31. The molecule has 230 valence electrons. The number of aliphatic hydroxyl groups excluding tert-OH is 1. The largest absolute Gasteiger partial charge is 0.469 e. The Morgan fingerprint density at radius 2 is 1.71 bits per heavy atom. The molecule has 0 aromatic heterocycles. The van der Waals surface area contributed by atoms with Crippen molar-refractivity contribution in [3.63, 3.8) is 0 Å². The topological polar surface area (TPSA) is 143 Å². The van der Waals surface area contributed by atoms with Crippen LogP contribution in [0.15, 0.2) is 30.3 Å². The number of hydrogen-bond acceptors (Lipinski definition) is 7. The maximum atomic E-state index is 13.0. The minimum absolute atomic E-state index is 0.0497. The maximum absolute atomic E-state index is 13.0. The quantitative estimate of drug-likeness (QED) is 0.184. The first kappa shape index (κ1) is 34.1. The number of methoxy groups -OCH3 is 1. The van der Waals surface area contributed by atoms with Crippen molar-refractivity contribution in [2.75, 3.05) is 13.7 Å². The van der Waals surface area contributed by atoms with Gasteiger partial charge in [-0.3, -0.25) is 14.4 Å². The van der Waals surface area contributed by atoms with E-state index < -0.39 is 47.7 Å². The summed E-state index contributed by atoms with van der Waals surface area (Å²) < 4.78 is 10.1. The molecule has 0 heterocycles. The van der Waals surface area contributed by atoms with Gasteiger partial charge >= 0.3 is 12.1 Å². The number of rotatable bonds is 15. The Hall–Kier alpha value is -3.14. The number of aliphatic hydroxyl groups is 1. The van der Waals surface area contributed by atoms with E-state index in [1.54, 1.807) is 20.8 Å². The van der Waals surface area contributed by atoms with Gasteiger partial charge in [-0.25, -0.2) is 4.79 Å². The highest BCUT2D eigenvalue weighted by atomic mass is 16.6. The molecule has 1 aromatic carbocycles. The number of aryl methyl sites for hydroxylation is 1. The highest BCUT2D eigenvalue weighted by molar-refractivity contribution is 5.88. The van der Waals surface area contributed by atoms with Crippen LogP contribution in [0.5, 0.6) is 0 Å². The summed E-state index contributed by atoms with van der Waals surface area (Å²) in [5, 5.41) is 19.3. The molecule has 3 atom stereocenters. The Labute approximate surface area is 244 Å². The van der Waals surface area contributed by atoms with Gasteiger partial charge in [-0.05, 0) is 57.9 Å². The van der Waals surface area contributed by atoms with Crippen LogP contribution in [0, 0.1) is 5.92 Å². The maximum Gasteiger partial charge on any atom is 0.407 e. The van der Waals surface area contributed by atoms with Crippen LogP contribution in [0.4, 0.5) is 4.79 Å². The van der Waals surface area contributed by atoms with Gasteiger partial charge in [0.2, 0.25) is 11.8 Å². The second-order valence-electron chi connectivity index (χ2n) is 11.9. The van der Waals surface area contributed by atoms with Gasteiger partial charge in [0.05, 0.1) is 25.7 Å². The molecule has 0 radical (unpaired) electrons. The molecule has 10 heteroatoms. The Morgan fingerprint density at radius 3 is 2.34 bits per heavy atom. The van der Waals surface area contributed by atoms with Gasteiger partial charge in [0.1, 0.15) is 11.6 Å². The van der Waals surface area contributed by atoms with Crippen LogP contribution in [-0.4, -0.2) is 66.4 Å². The number of nitrogens with one attached hydrogen (secondary N) is 3. The molecule has 0 bridgehead atoms. The van der Waals surface area contributed by atoms with Crippen LogP contribution in [-0.2, 0) is 30.3 Å². The van der Waals surface area contributed by atoms with Crippen molar-refractivity contribution >= 4 is 23.9 Å². The molecule has 0 spiro atoms. The lowest BCUT2D eigenvalue weighted by molar-refractivity contribution is -0.141. The molecule has 0 aliphatic heterocycles. The molecule has 3 amide bonds. The summed E-state index contributed by atoms with van der Waals surface area (Å²) in [5.41, 5.74) is 0.456. The predicted octanol–water partition coefficient (Wildman–Crippen LogP) is 3.79. The Morgan fingerprint density at radius 1 is 1.02 bits per heavy atom. The van der Waals surface area contributed by atoms with Crippen LogP contribution in [0.2, 0.25) is 0 Å². The summed E-state index contributed by atoms with van der Waals surface area (Å²) in [7, 11) is 1.26. The fourth-order valence-electron chi connectivity index (χ4n) is 5.04. The van der Waals surface area contributed by atoms with Gasteiger partial charge < -0.3 is 30.5 Å². The molecule has 4 N–H and O–H groups in total. The van der Waals surface area contributed by atoms with Crippen LogP contribution >= 0.6 is 0 Å². The number of esters is 1. The summed E-state index contributed by atoms with van der Waals surface area (Å²) in [6.07, 6.45) is 5.28. The number of benzene rings is 1. The molecule has 2 rings (SSSR count). The van der Waals surface area contributed by atoms with E-state index in [9.17, 15) is 24.3 Å². The van der Waals surface area contributed by atoms with E-state index in [0.717, 1.165) is 37.7 Å². The Kier molecular flexibility index (Phi) is 14.6. The highest BCUT2D eigenvalue weighted by Crippen LogP contribution is 2.28. The third kappa shape index (κ3) is 14.4. The van der Waals surface area contributed by atoms with E-state index >= 15 is 0 Å². The zero-order valence-corrected chi connectivity index (χ0v) is 25.1. The van der Waals surface area contributed by atoms with Crippen molar-refractivity contribution in [3.05, 3.63) is 35.9 Å². The monoisotopic (exact) mass is 575 g/mol. The SMILES string of the molecule is COC(=O)CC[C@H](NC(=O)CC(O)C(CC1CCCCC1)NC(=O)OC(C)(C)C)C(=O)NCCCc1ccccc1. The molecule has 10 nitrogen and oxygen atoms in total. The fraction of sp³-hybridized carbons (Fsp3) is 0.677. The van der Waals surface area contributed by atoms with Crippen molar-refractivity contribution in [2.45, 2.75) is 115 Å². The first-order chi connectivity index (χ1) is 19.5. The molecule has 2 unspecified atom stereocenters. The number of carbonyl (C=O) groups excluding carboxylic acids is 4. The Balaban J connectivity index is 1.98. The Bertz CT molecular complexity index is 958. The van der Waals surface area contributed by atoms with Gasteiger partial charge in [-0.15, -0.1) is 0 Å². The lowest BCUT2D eigenvalue weighted by atomic mass is 9.83. The molecular weight excluding hydrogens is 526 g/mol. The molecule has 1 aliphatic rings. The number of carbonyl (C=O) groups is 4. The van der Waals surface area contributed by atoms with Crippen LogP contribution in [0.3, 0.4) is 0 Å². The summed E-state index contributed by atoms with van der Waals surface area (Å²) >= 11 is 0. The van der Waals surface area contributed by atoms with E-state index in [0.29, 0.717) is 25.3 Å². The minimum atomic E-state index is -1.18. The molecule has 1 fully saturated rings. The molecular formula is C31H49N3O7. The van der Waals surface area contributed by atoms with E-state index in [-0.39, 0.29) is 19.3 Å². The fourth-order valence-corrected chi connectivity index (χ4v) is 5.04. The average molecular weight is 576 g/mol. The summed E-state index contributed by atoms with van der Waals surface area (Å²) in [6.45, 7) is 5.68. The van der Waals surface area contributed by atoms with Crippen molar-refractivity contribution in [1.29, 1.82) is 0 Å². The highest BCUT2D eigenvalue weighted by Gasteiger charge is 2.30. The minimum Gasteiger partial charge on any atom is -0.469 e.